The fourth-order valence-electron chi connectivity index (χ4n) is 4.51. The Balaban J connectivity index is 1.47. The number of benzene rings is 4. The highest BCUT2D eigenvalue weighted by Gasteiger charge is 2.41. The van der Waals surface area contributed by atoms with Crippen LogP contribution < -0.4 is 4.74 Å². The van der Waals surface area contributed by atoms with Crippen molar-refractivity contribution in [2.45, 2.75) is 18.7 Å². The van der Waals surface area contributed by atoms with Gasteiger partial charge in [0, 0.05) is 27.6 Å². The van der Waals surface area contributed by atoms with Gasteiger partial charge >= 0.3 is 0 Å². The maximum Gasteiger partial charge on any atom is 0.215 e. The molecule has 6 heteroatoms. The fourth-order valence-corrected chi connectivity index (χ4v) is 5.19. The van der Waals surface area contributed by atoms with Crippen LogP contribution in [0.5, 0.6) is 5.75 Å². The van der Waals surface area contributed by atoms with Gasteiger partial charge in [-0.3, -0.25) is 0 Å². The maximum absolute atomic E-state index is 6.56. The number of rotatable bonds is 2. The third-order valence-electron chi connectivity index (χ3n) is 6.06. The molecule has 0 N–H and O–H groups in total. The van der Waals surface area contributed by atoms with Crippen LogP contribution in [0.4, 0.5) is 0 Å². The number of fused-ring (bicyclic) bond motifs is 4. The van der Waals surface area contributed by atoms with E-state index >= 15 is 0 Å². The van der Waals surface area contributed by atoms with Crippen LogP contribution in [0.3, 0.4) is 0 Å². The molecule has 2 aliphatic rings. The minimum absolute atomic E-state index is 0.00401. The van der Waals surface area contributed by atoms with Gasteiger partial charge in [0.1, 0.15) is 5.75 Å². The zero-order valence-electron chi connectivity index (χ0n) is 16.8. The Bertz CT molecular complexity index is 1400. The van der Waals surface area contributed by atoms with E-state index in [0.29, 0.717) is 15.1 Å². The van der Waals surface area contributed by atoms with Crippen LogP contribution in [0, 0.1) is 0 Å². The van der Waals surface area contributed by atoms with Gasteiger partial charge in [-0.15, -0.1) is 0 Å². The number of hydrogen-bond acceptors (Lipinski definition) is 3. The summed E-state index contributed by atoms with van der Waals surface area (Å²) in [5.74, 6) is 0.793. The van der Waals surface area contributed by atoms with Gasteiger partial charge in [0.15, 0.2) is 0 Å². The lowest BCUT2D eigenvalue weighted by atomic mass is 9.95. The van der Waals surface area contributed by atoms with Crippen molar-refractivity contribution in [2.75, 3.05) is 0 Å². The lowest BCUT2D eigenvalue weighted by Gasteiger charge is -2.38. The lowest BCUT2D eigenvalue weighted by Crippen LogP contribution is -2.33. The summed E-state index contributed by atoms with van der Waals surface area (Å²) in [6, 6.07) is 26.0. The van der Waals surface area contributed by atoms with E-state index in [9.17, 15) is 0 Å². The van der Waals surface area contributed by atoms with Crippen LogP contribution in [0.1, 0.15) is 35.4 Å². The molecule has 4 aromatic carbocycles. The van der Waals surface area contributed by atoms with E-state index in [0.717, 1.165) is 34.6 Å². The molecule has 0 fully saturated rings. The van der Waals surface area contributed by atoms with Crippen molar-refractivity contribution < 1.29 is 4.74 Å². The highest BCUT2D eigenvalue weighted by Crippen LogP contribution is 2.49. The first kappa shape index (κ1) is 19.9. The second-order valence-corrected chi connectivity index (χ2v) is 9.31. The Morgan fingerprint density at radius 2 is 1.56 bits per heavy atom. The molecule has 6 rings (SSSR count). The van der Waals surface area contributed by atoms with Gasteiger partial charge in [-0.2, -0.15) is 5.10 Å². The van der Waals surface area contributed by atoms with Crippen LogP contribution in [0.25, 0.3) is 10.8 Å². The van der Waals surface area contributed by atoms with Crippen molar-refractivity contribution in [3.05, 3.63) is 111 Å². The van der Waals surface area contributed by atoms with Gasteiger partial charge in [-0.25, -0.2) is 5.01 Å². The first-order valence-corrected chi connectivity index (χ1v) is 11.5. The molecule has 0 spiro atoms. The van der Waals surface area contributed by atoms with Crippen molar-refractivity contribution in [2.24, 2.45) is 5.10 Å². The Morgan fingerprint density at radius 3 is 2.41 bits per heavy atom. The van der Waals surface area contributed by atoms with E-state index in [1.807, 2.05) is 41.4 Å². The molecule has 0 saturated carbocycles. The Hall–Kier alpha value is -2.72. The summed E-state index contributed by atoms with van der Waals surface area (Å²) < 4.78 is 6.39. The van der Waals surface area contributed by atoms with Crippen molar-refractivity contribution in [3.8, 4) is 5.75 Å². The molecule has 4 aromatic rings. The predicted molar refractivity (Wildman–Crippen MR) is 131 cm³/mol. The molecule has 2 heterocycles. The van der Waals surface area contributed by atoms with Crippen molar-refractivity contribution >= 4 is 51.3 Å². The second kappa shape index (κ2) is 7.70. The number of halogens is 3. The zero-order chi connectivity index (χ0) is 21.8. The molecular weight excluding hydrogens is 463 g/mol. The molecule has 158 valence electrons. The number of hydrazone groups is 1. The number of ether oxygens (including phenoxy) is 1. The quantitative estimate of drug-likeness (QED) is 0.290. The van der Waals surface area contributed by atoms with Crippen LogP contribution >= 0.6 is 34.8 Å². The highest BCUT2D eigenvalue weighted by atomic mass is 35.5. The predicted octanol–water partition coefficient (Wildman–Crippen LogP) is 8.04. The third-order valence-corrected chi connectivity index (χ3v) is 6.86. The summed E-state index contributed by atoms with van der Waals surface area (Å²) in [7, 11) is 0. The van der Waals surface area contributed by atoms with E-state index in [1.54, 1.807) is 6.07 Å². The van der Waals surface area contributed by atoms with Crippen LogP contribution in [0.15, 0.2) is 84.0 Å². The van der Waals surface area contributed by atoms with Crippen LogP contribution in [0.2, 0.25) is 15.1 Å². The molecule has 0 amide bonds. The standard InChI is InChI=1S/C26H17Cl3N2O/c27-18-8-10-25-21(12-18)24-14-23(17-6-5-15-3-1-2-4-16(15)11-17)30-31(24)26(32-25)20-9-7-19(28)13-22(20)29/h1-13,24,26H,14H2/t24-,26-/m1/s1. The molecule has 0 unspecified atom stereocenters. The fraction of sp³-hybridized carbons (Fsp3) is 0.115. The summed E-state index contributed by atoms with van der Waals surface area (Å²) in [5.41, 5.74) is 3.96. The second-order valence-electron chi connectivity index (χ2n) is 8.03. The Morgan fingerprint density at radius 1 is 0.781 bits per heavy atom. The van der Waals surface area contributed by atoms with E-state index in [4.69, 9.17) is 44.6 Å². The minimum Gasteiger partial charge on any atom is -0.464 e. The SMILES string of the molecule is Clc1ccc([C@H]2Oc3ccc(Cl)cc3[C@H]3CC(c4ccc5ccccc5c4)=NN32)c(Cl)c1. The van der Waals surface area contributed by atoms with E-state index in [1.165, 1.54) is 10.8 Å². The number of nitrogens with zero attached hydrogens (tertiary/aromatic N) is 2. The normalized spacial score (nSPS) is 19.3. The van der Waals surface area contributed by atoms with Crippen LogP contribution in [-0.4, -0.2) is 10.7 Å². The number of hydrogen-bond donors (Lipinski definition) is 0. The molecule has 0 aliphatic carbocycles. The molecule has 2 aliphatic heterocycles. The molecule has 0 aromatic heterocycles. The average molecular weight is 480 g/mol. The molecule has 0 bridgehead atoms. The Kier molecular flexibility index (Phi) is 4.80. The monoisotopic (exact) mass is 478 g/mol. The topological polar surface area (TPSA) is 24.8 Å². The lowest BCUT2D eigenvalue weighted by molar-refractivity contribution is -0.0189. The van der Waals surface area contributed by atoms with Crippen molar-refractivity contribution in [1.82, 2.24) is 5.01 Å². The van der Waals surface area contributed by atoms with Gasteiger partial charge in [-0.1, -0.05) is 77.3 Å². The largest absolute Gasteiger partial charge is 0.464 e. The zero-order valence-corrected chi connectivity index (χ0v) is 19.1. The van der Waals surface area contributed by atoms with E-state index in [-0.39, 0.29) is 6.04 Å². The van der Waals surface area contributed by atoms with Gasteiger partial charge in [0.2, 0.25) is 6.23 Å². The van der Waals surface area contributed by atoms with E-state index in [2.05, 4.69) is 36.4 Å². The van der Waals surface area contributed by atoms with Crippen molar-refractivity contribution in [3.63, 3.8) is 0 Å². The molecule has 3 nitrogen and oxygen atoms in total. The van der Waals surface area contributed by atoms with Gasteiger partial charge in [0.05, 0.1) is 16.8 Å². The summed E-state index contributed by atoms with van der Waals surface area (Å²) in [6.07, 6.45) is 0.285. The van der Waals surface area contributed by atoms with Gasteiger partial charge in [-0.05, 0) is 52.7 Å². The summed E-state index contributed by atoms with van der Waals surface area (Å²) in [5, 5.41) is 11.2. The smallest absolute Gasteiger partial charge is 0.215 e. The van der Waals surface area contributed by atoms with Gasteiger partial charge < -0.3 is 4.74 Å². The first-order valence-electron chi connectivity index (χ1n) is 10.3. The maximum atomic E-state index is 6.56. The third kappa shape index (κ3) is 3.32. The summed E-state index contributed by atoms with van der Waals surface area (Å²) in [4.78, 5) is 0. The highest BCUT2D eigenvalue weighted by molar-refractivity contribution is 6.35. The molecule has 32 heavy (non-hydrogen) atoms. The summed E-state index contributed by atoms with van der Waals surface area (Å²) in [6.45, 7) is 0. The summed E-state index contributed by atoms with van der Waals surface area (Å²) >= 11 is 19.0. The van der Waals surface area contributed by atoms with Crippen LogP contribution in [-0.2, 0) is 0 Å². The average Bonchev–Trinajstić information content (AvgIpc) is 3.25. The minimum atomic E-state index is -0.462. The van der Waals surface area contributed by atoms with Crippen molar-refractivity contribution in [1.29, 1.82) is 0 Å². The first-order chi connectivity index (χ1) is 15.6. The van der Waals surface area contributed by atoms with E-state index < -0.39 is 6.23 Å². The molecule has 2 atom stereocenters. The van der Waals surface area contributed by atoms with Gasteiger partial charge in [0.25, 0.3) is 0 Å². The molecule has 0 radical (unpaired) electrons. The Labute approximate surface area is 200 Å². The molecule has 0 saturated heterocycles. The molecular formula is C26H17Cl3N2O.